The van der Waals surface area contributed by atoms with E-state index in [2.05, 4.69) is 10.4 Å². The second-order valence-electron chi connectivity index (χ2n) is 3.96. The van der Waals surface area contributed by atoms with Crippen molar-refractivity contribution in [1.82, 2.24) is 15.1 Å². The molecule has 0 fully saturated rings. The van der Waals surface area contributed by atoms with Gasteiger partial charge in [-0.2, -0.15) is 5.10 Å². The van der Waals surface area contributed by atoms with E-state index in [1.54, 1.807) is 18.3 Å². The fourth-order valence-electron chi connectivity index (χ4n) is 1.78. The molecule has 1 unspecified atom stereocenters. The summed E-state index contributed by atoms with van der Waals surface area (Å²) in [5.74, 6) is 0.596. The van der Waals surface area contributed by atoms with E-state index in [0.29, 0.717) is 4.90 Å². The number of nitrogens with zero attached hydrogens (tertiary/aromatic N) is 2. The number of aryl methyl sites for hydroxylation is 1. The van der Waals surface area contributed by atoms with Crippen LogP contribution >= 0.6 is 11.8 Å². The highest BCUT2D eigenvalue weighted by atomic mass is 32.2. The molecule has 0 amide bonds. The third-order valence-electron chi connectivity index (χ3n) is 2.81. The molecule has 5 heteroatoms. The second-order valence-corrected chi connectivity index (χ2v) is 5.02. The normalized spacial score (nSPS) is 12.6. The molecule has 0 aliphatic carbocycles. The van der Waals surface area contributed by atoms with Crippen molar-refractivity contribution in [2.75, 3.05) is 12.8 Å². The Balaban J connectivity index is 2.05. The van der Waals surface area contributed by atoms with Crippen molar-refractivity contribution < 1.29 is 4.39 Å². The molecule has 2 aromatic rings. The van der Waals surface area contributed by atoms with Crippen LogP contribution in [0.4, 0.5) is 4.39 Å². The summed E-state index contributed by atoms with van der Waals surface area (Å²) in [5.41, 5.74) is 1.10. The Morgan fingerprint density at radius 3 is 2.78 bits per heavy atom. The SMILES string of the molecule is CNC(CSc1ccccc1F)c1ccnn1C. The average Bonchev–Trinajstić information content (AvgIpc) is 2.79. The maximum Gasteiger partial charge on any atom is 0.136 e. The predicted octanol–water partition coefficient (Wildman–Crippen LogP) is 2.61. The molecule has 0 spiro atoms. The van der Waals surface area contributed by atoms with E-state index in [4.69, 9.17) is 0 Å². The number of benzene rings is 1. The molecule has 1 aromatic carbocycles. The number of hydrogen-bond donors (Lipinski definition) is 1. The molecule has 18 heavy (non-hydrogen) atoms. The molecule has 0 radical (unpaired) electrons. The third-order valence-corrected chi connectivity index (χ3v) is 3.95. The molecule has 1 N–H and O–H groups in total. The summed E-state index contributed by atoms with van der Waals surface area (Å²) in [6, 6.07) is 8.97. The summed E-state index contributed by atoms with van der Waals surface area (Å²) < 4.78 is 15.3. The zero-order valence-corrected chi connectivity index (χ0v) is 11.2. The summed E-state index contributed by atoms with van der Waals surface area (Å²) in [7, 11) is 3.81. The lowest BCUT2D eigenvalue weighted by Crippen LogP contribution is -2.21. The minimum atomic E-state index is -0.164. The highest BCUT2D eigenvalue weighted by Gasteiger charge is 2.14. The minimum absolute atomic E-state index is 0.155. The van der Waals surface area contributed by atoms with E-state index in [-0.39, 0.29) is 11.9 Å². The van der Waals surface area contributed by atoms with Crippen LogP contribution in [-0.2, 0) is 7.05 Å². The molecule has 1 aromatic heterocycles. The molecule has 0 saturated heterocycles. The van der Waals surface area contributed by atoms with Gasteiger partial charge in [-0.05, 0) is 25.2 Å². The molecular weight excluding hydrogens is 249 g/mol. The molecule has 1 atom stereocenters. The minimum Gasteiger partial charge on any atom is -0.311 e. The van der Waals surface area contributed by atoms with Crippen LogP contribution < -0.4 is 5.32 Å². The van der Waals surface area contributed by atoms with Crippen molar-refractivity contribution >= 4 is 11.8 Å². The average molecular weight is 265 g/mol. The van der Waals surface area contributed by atoms with Crippen LogP contribution in [0.5, 0.6) is 0 Å². The van der Waals surface area contributed by atoms with Gasteiger partial charge in [0.1, 0.15) is 5.82 Å². The molecule has 2 rings (SSSR count). The van der Waals surface area contributed by atoms with Gasteiger partial charge >= 0.3 is 0 Å². The lowest BCUT2D eigenvalue weighted by Gasteiger charge is -2.16. The first kappa shape index (κ1) is 13.1. The van der Waals surface area contributed by atoms with Crippen molar-refractivity contribution in [1.29, 1.82) is 0 Å². The number of rotatable bonds is 5. The number of nitrogens with one attached hydrogen (secondary N) is 1. The van der Waals surface area contributed by atoms with Crippen molar-refractivity contribution in [2.24, 2.45) is 7.05 Å². The van der Waals surface area contributed by atoms with Gasteiger partial charge in [0, 0.05) is 23.9 Å². The molecule has 3 nitrogen and oxygen atoms in total. The first-order valence-corrected chi connectivity index (χ1v) is 6.73. The first-order chi connectivity index (χ1) is 8.72. The van der Waals surface area contributed by atoms with Crippen LogP contribution in [0.1, 0.15) is 11.7 Å². The maximum absolute atomic E-state index is 13.5. The van der Waals surface area contributed by atoms with Crippen LogP contribution in [-0.4, -0.2) is 22.6 Å². The lowest BCUT2D eigenvalue weighted by molar-refractivity contribution is 0.583. The Hall–Kier alpha value is -1.33. The van der Waals surface area contributed by atoms with Crippen LogP contribution in [0.2, 0.25) is 0 Å². The Morgan fingerprint density at radius 2 is 2.17 bits per heavy atom. The largest absolute Gasteiger partial charge is 0.311 e. The highest BCUT2D eigenvalue weighted by Crippen LogP contribution is 2.26. The topological polar surface area (TPSA) is 29.9 Å². The van der Waals surface area contributed by atoms with Gasteiger partial charge in [0.05, 0.1) is 11.7 Å². The summed E-state index contributed by atoms with van der Waals surface area (Å²) in [5, 5.41) is 7.38. The van der Waals surface area contributed by atoms with Crippen LogP contribution in [0.15, 0.2) is 41.4 Å². The number of hydrogen-bond acceptors (Lipinski definition) is 3. The van der Waals surface area contributed by atoms with Crippen LogP contribution in [0, 0.1) is 5.82 Å². The zero-order valence-electron chi connectivity index (χ0n) is 10.4. The van der Waals surface area contributed by atoms with Crippen molar-refractivity contribution in [3.05, 3.63) is 48.0 Å². The number of aromatic nitrogens is 2. The summed E-state index contributed by atoms with van der Waals surface area (Å²) in [4.78, 5) is 0.680. The zero-order chi connectivity index (χ0) is 13.0. The van der Waals surface area contributed by atoms with Gasteiger partial charge in [-0.15, -0.1) is 11.8 Å². The summed E-state index contributed by atoms with van der Waals surface area (Å²) in [6.45, 7) is 0. The van der Waals surface area contributed by atoms with E-state index in [1.165, 1.54) is 17.8 Å². The second kappa shape index (κ2) is 6.02. The van der Waals surface area contributed by atoms with E-state index in [9.17, 15) is 4.39 Å². The van der Waals surface area contributed by atoms with Gasteiger partial charge < -0.3 is 5.32 Å². The lowest BCUT2D eigenvalue weighted by atomic mass is 10.2. The van der Waals surface area contributed by atoms with Gasteiger partial charge in [-0.3, -0.25) is 4.68 Å². The predicted molar refractivity (Wildman–Crippen MR) is 72.1 cm³/mol. The molecule has 0 aliphatic rings. The molecule has 0 aliphatic heterocycles. The molecule has 96 valence electrons. The van der Waals surface area contributed by atoms with Crippen molar-refractivity contribution in [3.63, 3.8) is 0 Å². The fourth-order valence-corrected chi connectivity index (χ4v) is 2.84. The fraction of sp³-hybridized carbons (Fsp3) is 0.308. The monoisotopic (exact) mass is 265 g/mol. The van der Waals surface area contributed by atoms with E-state index < -0.39 is 0 Å². The maximum atomic E-state index is 13.5. The third kappa shape index (κ3) is 2.91. The van der Waals surface area contributed by atoms with Gasteiger partial charge in [0.25, 0.3) is 0 Å². The van der Waals surface area contributed by atoms with Crippen LogP contribution in [0.3, 0.4) is 0 Å². The van der Waals surface area contributed by atoms with Crippen molar-refractivity contribution in [3.8, 4) is 0 Å². The van der Waals surface area contributed by atoms with E-state index in [1.807, 2.05) is 30.9 Å². The Labute approximate surface area is 110 Å². The Bertz CT molecular complexity index is 512. The number of thioether (sulfide) groups is 1. The van der Waals surface area contributed by atoms with Crippen LogP contribution in [0.25, 0.3) is 0 Å². The smallest absolute Gasteiger partial charge is 0.136 e. The standard InChI is InChI=1S/C13H16FN3S/c1-15-11(12-7-8-16-17(12)2)9-18-13-6-4-3-5-10(13)14/h3-8,11,15H,9H2,1-2H3. The highest BCUT2D eigenvalue weighted by molar-refractivity contribution is 7.99. The van der Waals surface area contributed by atoms with Crippen molar-refractivity contribution in [2.45, 2.75) is 10.9 Å². The summed E-state index contributed by atoms with van der Waals surface area (Å²) in [6.07, 6.45) is 1.77. The molecule has 0 saturated carbocycles. The Kier molecular flexibility index (Phi) is 4.38. The molecule has 1 heterocycles. The quantitative estimate of drug-likeness (QED) is 0.843. The Morgan fingerprint density at radius 1 is 1.39 bits per heavy atom. The van der Waals surface area contributed by atoms with E-state index >= 15 is 0 Å². The van der Waals surface area contributed by atoms with E-state index in [0.717, 1.165) is 11.4 Å². The molecule has 0 bridgehead atoms. The molecular formula is C13H16FN3S. The summed E-state index contributed by atoms with van der Waals surface area (Å²) >= 11 is 1.51. The van der Waals surface area contributed by atoms with Gasteiger partial charge in [0.15, 0.2) is 0 Å². The van der Waals surface area contributed by atoms with Gasteiger partial charge in [-0.25, -0.2) is 4.39 Å². The first-order valence-electron chi connectivity index (χ1n) is 5.75. The number of halogens is 1. The van der Waals surface area contributed by atoms with Gasteiger partial charge in [0.2, 0.25) is 0 Å². The van der Waals surface area contributed by atoms with Gasteiger partial charge in [-0.1, -0.05) is 12.1 Å².